The Bertz CT molecular complexity index is 1160. The largest absolute Gasteiger partial charge is 0.387 e. The standard InChI is InChI=1S/C16H17IN6O6S/c17-8-1-3-9(4-2-8)22-14-11-15(20-6-19-14)23(7-21-11)16-13(25)12(24)10(29-16)5-28-30(18,26)27/h1-4,6-7,10,12-13,16,24-25H,5H2,(H2,18,26,27)(H,19,20,22)/t10-,12-,13-,16-/m1/s1. The molecule has 1 aromatic carbocycles. The van der Waals surface area contributed by atoms with Crippen LogP contribution in [-0.4, -0.2) is 63.1 Å². The van der Waals surface area contributed by atoms with Gasteiger partial charge >= 0.3 is 10.3 Å². The van der Waals surface area contributed by atoms with E-state index in [9.17, 15) is 18.6 Å². The Hall–Kier alpha value is -1.95. The van der Waals surface area contributed by atoms with Crippen molar-refractivity contribution in [2.24, 2.45) is 5.14 Å². The molecule has 3 heterocycles. The number of aliphatic hydroxyl groups is 2. The molecule has 0 aliphatic carbocycles. The molecule has 3 aromatic rings. The Morgan fingerprint density at radius 1 is 1.20 bits per heavy atom. The van der Waals surface area contributed by atoms with E-state index in [-0.39, 0.29) is 0 Å². The summed E-state index contributed by atoms with van der Waals surface area (Å²) in [6.07, 6.45) is -2.25. The molecule has 1 aliphatic rings. The summed E-state index contributed by atoms with van der Waals surface area (Å²) in [5, 5.41) is 28.6. The van der Waals surface area contributed by atoms with Crippen molar-refractivity contribution in [3.63, 3.8) is 0 Å². The molecular weight excluding hydrogens is 531 g/mol. The molecule has 4 rings (SSSR count). The third kappa shape index (κ3) is 4.39. The number of hydrogen-bond acceptors (Lipinski definition) is 10. The number of benzene rings is 1. The molecule has 0 radical (unpaired) electrons. The predicted molar refractivity (Wildman–Crippen MR) is 113 cm³/mol. The lowest BCUT2D eigenvalue weighted by Crippen LogP contribution is -2.35. The van der Waals surface area contributed by atoms with Gasteiger partial charge < -0.3 is 20.3 Å². The molecule has 0 spiro atoms. The second kappa shape index (κ2) is 8.29. The normalized spacial score (nSPS) is 24.4. The molecule has 0 unspecified atom stereocenters. The fourth-order valence-corrected chi connectivity index (χ4v) is 3.74. The number of fused-ring (bicyclic) bond motifs is 1. The van der Waals surface area contributed by atoms with Crippen LogP contribution in [0, 0.1) is 3.57 Å². The summed E-state index contributed by atoms with van der Waals surface area (Å²) >= 11 is 2.21. The molecule has 1 fully saturated rings. The van der Waals surface area contributed by atoms with Gasteiger partial charge in [0.1, 0.15) is 24.6 Å². The highest BCUT2D eigenvalue weighted by Crippen LogP contribution is 2.33. The van der Waals surface area contributed by atoms with Gasteiger partial charge in [0.15, 0.2) is 23.2 Å². The molecule has 4 atom stereocenters. The van der Waals surface area contributed by atoms with Crippen LogP contribution >= 0.6 is 22.6 Å². The summed E-state index contributed by atoms with van der Waals surface area (Å²) in [6, 6.07) is 7.66. The maximum atomic E-state index is 11.0. The zero-order valence-corrected chi connectivity index (χ0v) is 18.1. The molecule has 0 amide bonds. The predicted octanol–water partition coefficient (Wildman–Crippen LogP) is 0.0138. The number of rotatable bonds is 6. The highest BCUT2D eigenvalue weighted by Gasteiger charge is 2.45. The average molecular weight is 548 g/mol. The van der Waals surface area contributed by atoms with Gasteiger partial charge in [-0.25, -0.2) is 20.1 Å². The first-order valence-electron chi connectivity index (χ1n) is 8.62. The SMILES string of the molecule is NS(=O)(=O)OC[C@H]1O[C@@H](n2cnc3c(Nc4ccc(I)cc4)ncnc32)[C@H](O)[C@@H]1O. The van der Waals surface area contributed by atoms with Crippen LogP contribution in [0.3, 0.4) is 0 Å². The van der Waals surface area contributed by atoms with Crippen molar-refractivity contribution in [2.45, 2.75) is 24.5 Å². The topological polar surface area (TPSA) is 175 Å². The lowest BCUT2D eigenvalue weighted by Gasteiger charge is -2.16. The highest BCUT2D eigenvalue weighted by molar-refractivity contribution is 14.1. The minimum Gasteiger partial charge on any atom is -0.387 e. The van der Waals surface area contributed by atoms with Crippen molar-refractivity contribution >= 4 is 55.6 Å². The number of nitrogens with zero attached hydrogens (tertiary/aromatic N) is 4. The smallest absolute Gasteiger partial charge is 0.333 e. The monoisotopic (exact) mass is 548 g/mol. The molecule has 0 saturated carbocycles. The van der Waals surface area contributed by atoms with E-state index in [0.717, 1.165) is 9.26 Å². The second-order valence-electron chi connectivity index (χ2n) is 6.50. The van der Waals surface area contributed by atoms with E-state index >= 15 is 0 Å². The molecule has 0 bridgehead atoms. The van der Waals surface area contributed by atoms with Gasteiger partial charge in [0.05, 0.1) is 12.9 Å². The maximum absolute atomic E-state index is 11.0. The summed E-state index contributed by atoms with van der Waals surface area (Å²) in [4.78, 5) is 12.7. The van der Waals surface area contributed by atoms with Gasteiger partial charge in [-0.2, -0.15) is 8.42 Å². The Balaban J connectivity index is 1.60. The summed E-state index contributed by atoms with van der Waals surface area (Å²) < 4.78 is 34.6. The molecule has 30 heavy (non-hydrogen) atoms. The lowest BCUT2D eigenvalue weighted by atomic mass is 10.1. The average Bonchev–Trinajstić information content (AvgIpc) is 3.24. The quantitative estimate of drug-likeness (QED) is 0.307. The summed E-state index contributed by atoms with van der Waals surface area (Å²) in [7, 11) is -4.22. The second-order valence-corrected chi connectivity index (χ2v) is 8.97. The van der Waals surface area contributed by atoms with Crippen molar-refractivity contribution in [1.29, 1.82) is 0 Å². The Kier molecular flexibility index (Phi) is 5.88. The number of aromatic nitrogens is 4. The Morgan fingerprint density at radius 2 is 1.93 bits per heavy atom. The van der Waals surface area contributed by atoms with Crippen molar-refractivity contribution < 1.29 is 27.6 Å². The number of imidazole rings is 1. The number of nitrogens with two attached hydrogens (primary N) is 1. The highest BCUT2D eigenvalue weighted by atomic mass is 127. The number of nitrogens with one attached hydrogen (secondary N) is 1. The zero-order valence-electron chi connectivity index (χ0n) is 15.2. The van der Waals surface area contributed by atoms with Crippen LogP contribution in [0.25, 0.3) is 11.2 Å². The minimum absolute atomic E-state index is 0.349. The van der Waals surface area contributed by atoms with Crippen LogP contribution in [0.15, 0.2) is 36.9 Å². The first-order chi connectivity index (χ1) is 14.2. The van der Waals surface area contributed by atoms with Crippen molar-refractivity contribution in [3.05, 3.63) is 40.5 Å². The van der Waals surface area contributed by atoms with Crippen molar-refractivity contribution in [2.75, 3.05) is 11.9 Å². The molecule has 2 aromatic heterocycles. The number of hydrogen-bond donors (Lipinski definition) is 4. The summed E-state index contributed by atoms with van der Waals surface area (Å²) in [5.74, 6) is 0.446. The fraction of sp³-hybridized carbons (Fsp3) is 0.312. The molecule has 14 heteroatoms. The van der Waals surface area contributed by atoms with E-state index in [0.29, 0.717) is 17.0 Å². The van der Waals surface area contributed by atoms with Crippen LogP contribution in [0.1, 0.15) is 6.23 Å². The van der Waals surface area contributed by atoms with E-state index in [1.807, 2.05) is 24.3 Å². The van der Waals surface area contributed by atoms with Gasteiger partial charge in [0, 0.05) is 9.26 Å². The van der Waals surface area contributed by atoms with Gasteiger partial charge in [-0.1, -0.05) is 0 Å². The van der Waals surface area contributed by atoms with Gasteiger partial charge in [0.25, 0.3) is 0 Å². The van der Waals surface area contributed by atoms with Crippen LogP contribution in [0.4, 0.5) is 11.5 Å². The molecule has 5 N–H and O–H groups in total. The van der Waals surface area contributed by atoms with Crippen molar-refractivity contribution in [3.8, 4) is 0 Å². The van der Waals surface area contributed by atoms with Crippen LogP contribution in [-0.2, 0) is 19.2 Å². The van der Waals surface area contributed by atoms with Crippen LogP contribution in [0.5, 0.6) is 0 Å². The Morgan fingerprint density at radius 3 is 2.63 bits per heavy atom. The number of aliphatic hydroxyl groups excluding tert-OH is 2. The fourth-order valence-electron chi connectivity index (χ4n) is 3.06. The number of anilines is 2. The molecule has 12 nitrogen and oxygen atoms in total. The van der Waals surface area contributed by atoms with E-state index in [2.05, 4.69) is 47.0 Å². The zero-order chi connectivity index (χ0) is 21.5. The summed E-state index contributed by atoms with van der Waals surface area (Å²) in [5.41, 5.74) is 1.57. The molecular formula is C16H17IN6O6S. The Labute approximate surface area is 184 Å². The van der Waals surface area contributed by atoms with Crippen LogP contribution in [0.2, 0.25) is 0 Å². The van der Waals surface area contributed by atoms with Gasteiger partial charge in [0.2, 0.25) is 0 Å². The van der Waals surface area contributed by atoms with Crippen LogP contribution < -0.4 is 10.5 Å². The number of ether oxygens (including phenoxy) is 1. The van der Waals surface area contributed by atoms with Gasteiger partial charge in [-0.05, 0) is 46.9 Å². The third-order valence-corrected chi connectivity index (χ3v) is 5.66. The molecule has 1 saturated heterocycles. The van der Waals surface area contributed by atoms with E-state index in [1.54, 1.807) is 0 Å². The first kappa shape index (κ1) is 21.3. The third-order valence-electron chi connectivity index (χ3n) is 4.47. The molecule has 1 aliphatic heterocycles. The molecule has 160 valence electrons. The van der Waals surface area contributed by atoms with E-state index < -0.39 is 41.5 Å². The van der Waals surface area contributed by atoms with Gasteiger partial charge in [-0.15, -0.1) is 0 Å². The van der Waals surface area contributed by atoms with Gasteiger partial charge in [-0.3, -0.25) is 8.75 Å². The van der Waals surface area contributed by atoms with E-state index in [1.165, 1.54) is 17.2 Å². The van der Waals surface area contributed by atoms with E-state index in [4.69, 9.17) is 9.88 Å². The first-order valence-corrected chi connectivity index (χ1v) is 11.2. The lowest BCUT2D eigenvalue weighted by molar-refractivity contribution is -0.0467. The minimum atomic E-state index is -4.22. The number of halogens is 1. The maximum Gasteiger partial charge on any atom is 0.333 e. The summed E-state index contributed by atoms with van der Waals surface area (Å²) in [6.45, 7) is -0.547. The van der Waals surface area contributed by atoms with Crippen molar-refractivity contribution in [1.82, 2.24) is 19.5 Å².